The van der Waals surface area contributed by atoms with Crippen molar-refractivity contribution in [3.63, 3.8) is 0 Å². The van der Waals surface area contributed by atoms with E-state index in [0.29, 0.717) is 29.6 Å². The van der Waals surface area contributed by atoms with Crippen LogP contribution in [-0.4, -0.2) is 69.0 Å². The van der Waals surface area contributed by atoms with Crippen LogP contribution in [0.3, 0.4) is 0 Å². The van der Waals surface area contributed by atoms with Crippen LogP contribution in [-0.2, 0) is 9.16 Å². The minimum Gasteiger partial charge on any atom is -0.493 e. The Hall–Kier alpha value is -3.55. The molecule has 0 aliphatic carbocycles. The standard InChI is InChI=1S/C29H37FN4O6SSi/c1-18-31-26(34-40-18)19-10-12-20(13-11-19)32-25(27(41-7)33-28(35)37-6)21-16-23(36-5)24(17-22(21)30)38-14-15-39-42(8,9)29(2,3)4/h10-13,16-17H,14-15H2,1-9H3/b32-25-,33-27-. The Morgan fingerprint density at radius 3 is 2.33 bits per heavy atom. The number of hydrogen-bond acceptors (Lipinski definition) is 10. The molecule has 0 aliphatic heterocycles. The number of benzene rings is 2. The fourth-order valence-electron chi connectivity index (χ4n) is 3.43. The van der Waals surface area contributed by atoms with Crippen LogP contribution in [0, 0.1) is 12.7 Å². The summed E-state index contributed by atoms with van der Waals surface area (Å²) >= 11 is 1.12. The third-order valence-electron chi connectivity index (χ3n) is 6.78. The van der Waals surface area contributed by atoms with Gasteiger partial charge in [0.25, 0.3) is 0 Å². The predicted octanol–water partition coefficient (Wildman–Crippen LogP) is 7.24. The van der Waals surface area contributed by atoms with Gasteiger partial charge in [-0.05, 0) is 54.7 Å². The van der Waals surface area contributed by atoms with Crippen molar-refractivity contribution in [3.8, 4) is 22.9 Å². The lowest BCUT2D eigenvalue weighted by Crippen LogP contribution is -2.41. The molecule has 0 saturated carbocycles. The fourth-order valence-corrected chi connectivity index (χ4v) is 4.97. The van der Waals surface area contributed by atoms with Gasteiger partial charge in [0.1, 0.15) is 23.2 Å². The second kappa shape index (κ2) is 14.1. The number of thioether (sulfide) groups is 1. The van der Waals surface area contributed by atoms with E-state index in [2.05, 4.69) is 54.0 Å². The highest BCUT2D eigenvalue weighted by Gasteiger charge is 2.37. The van der Waals surface area contributed by atoms with E-state index in [9.17, 15) is 4.79 Å². The van der Waals surface area contributed by atoms with Crippen molar-refractivity contribution < 1.29 is 32.3 Å². The summed E-state index contributed by atoms with van der Waals surface area (Å²) in [7, 11) is 0.715. The molecule has 0 atom stereocenters. The molecule has 0 aliphatic rings. The molecule has 0 unspecified atom stereocenters. The largest absolute Gasteiger partial charge is 0.493 e. The first-order valence-electron chi connectivity index (χ1n) is 13.1. The van der Waals surface area contributed by atoms with Crippen LogP contribution in [0.4, 0.5) is 14.9 Å². The van der Waals surface area contributed by atoms with E-state index in [1.54, 1.807) is 37.4 Å². The molecule has 0 N–H and O–H groups in total. The number of rotatable bonds is 10. The number of amides is 1. The van der Waals surface area contributed by atoms with Crippen molar-refractivity contribution in [1.82, 2.24) is 10.1 Å². The van der Waals surface area contributed by atoms with Gasteiger partial charge >= 0.3 is 6.09 Å². The highest BCUT2D eigenvalue weighted by molar-refractivity contribution is 8.15. The minimum atomic E-state index is -1.96. The summed E-state index contributed by atoms with van der Waals surface area (Å²) in [5, 5.41) is 4.13. The molecule has 0 bridgehead atoms. The molecular weight excluding hydrogens is 579 g/mol. The topological polar surface area (TPSA) is 118 Å². The molecule has 2 aromatic carbocycles. The summed E-state index contributed by atoms with van der Waals surface area (Å²) in [5.74, 6) is 0.736. The van der Waals surface area contributed by atoms with Gasteiger partial charge < -0.3 is 23.2 Å². The number of hydrogen-bond donors (Lipinski definition) is 0. The highest BCUT2D eigenvalue weighted by Crippen LogP contribution is 2.37. The van der Waals surface area contributed by atoms with E-state index in [1.165, 1.54) is 26.4 Å². The molecule has 0 radical (unpaired) electrons. The van der Waals surface area contributed by atoms with Crippen molar-refractivity contribution in [2.75, 3.05) is 33.7 Å². The number of aromatic nitrogens is 2. The Kier molecular flexibility index (Phi) is 11.0. The summed E-state index contributed by atoms with van der Waals surface area (Å²) in [4.78, 5) is 24.9. The Morgan fingerprint density at radius 2 is 1.79 bits per heavy atom. The van der Waals surface area contributed by atoms with E-state index < -0.39 is 20.2 Å². The molecule has 1 aromatic heterocycles. The van der Waals surface area contributed by atoms with Gasteiger partial charge in [0, 0.05) is 24.1 Å². The minimum absolute atomic E-state index is 0.0569. The van der Waals surface area contributed by atoms with E-state index in [4.69, 9.17) is 23.2 Å². The van der Waals surface area contributed by atoms with Crippen LogP contribution in [0.25, 0.3) is 11.4 Å². The normalized spacial score (nSPS) is 12.8. The number of halogens is 1. The Labute approximate surface area is 250 Å². The smallest absolute Gasteiger partial charge is 0.434 e. The summed E-state index contributed by atoms with van der Waals surface area (Å²) in [6, 6.07) is 9.65. The maximum atomic E-state index is 15.7. The van der Waals surface area contributed by atoms with Crippen LogP contribution in [0.1, 0.15) is 32.2 Å². The number of aryl methyl sites for hydroxylation is 1. The van der Waals surface area contributed by atoms with E-state index in [-0.39, 0.29) is 39.5 Å². The van der Waals surface area contributed by atoms with Gasteiger partial charge in [-0.15, -0.1) is 11.8 Å². The van der Waals surface area contributed by atoms with Crippen molar-refractivity contribution in [3.05, 3.63) is 53.7 Å². The molecule has 1 amide bonds. The number of ether oxygens (including phenoxy) is 3. The molecular formula is C29H37FN4O6SSi. The lowest BCUT2D eigenvalue weighted by atomic mass is 10.1. The molecule has 226 valence electrons. The molecule has 42 heavy (non-hydrogen) atoms. The van der Waals surface area contributed by atoms with Gasteiger partial charge in [-0.2, -0.15) is 9.98 Å². The Balaban J connectivity index is 1.97. The Bertz CT molecular complexity index is 1450. The average Bonchev–Trinajstić information content (AvgIpc) is 3.39. The molecule has 0 saturated heterocycles. The summed E-state index contributed by atoms with van der Waals surface area (Å²) in [5.41, 5.74) is 1.36. The second-order valence-corrected chi connectivity index (χ2v) is 16.3. The molecule has 3 rings (SSSR count). The maximum absolute atomic E-state index is 15.7. The lowest BCUT2D eigenvalue weighted by molar-refractivity contribution is 0.183. The predicted molar refractivity (Wildman–Crippen MR) is 166 cm³/mol. The van der Waals surface area contributed by atoms with E-state index in [0.717, 1.165) is 11.8 Å². The van der Waals surface area contributed by atoms with Crippen LogP contribution in [0.5, 0.6) is 11.5 Å². The average molecular weight is 617 g/mol. The third-order valence-corrected chi connectivity index (χ3v) is 12.0. The zero-order valence-electron chi connectivity index (χ0n) is 25.4. The molecule has 10 nitrogen and oxygen atoms in total. The third kappa shape index (κ3) is 8.26. The zero-order chi connectivity index (χ0) is 31.1. The van der Waals surface area contributed by atoms with Gasteiger partial charge in [0.15, 0.2) is 19.8 Å². The summed E-state index contributed by atoms with van der Waals surface area (Å²) in [6.45, 7) is 13.1. The van der Waals surface area contributed by atoms with E-state index in [1.807, 2.05) is 0 Å². The van der Waals surface area contributed by atoms with Gasteiger partial charge in [-0.1, -0.05) is 25.9 Å². The van der Waals surface area contributed by atoms with Crippen molar-refractivity contribution in [2.45, 2.75) is 45.8 Å². The monoisotopic (exact) mass is 616 g/mol. The van der Waals surface area contributed by atoms with Gasteiger partial charge in [-0.3, -0.25) is 0 Å². The number of carbonyl (C=O) groups excluding carboxylic acids is 1. The van der Waals surface area contributed by atoms with Crippen LogP contribution < -0.4 is 9.47 Å². The molecule has 1 heterocycles. The fraction of sp³-hybridized carbons (Fsp3) is 0.414. The zero-order valence-corrected chi connectivity index (χ0v) is 27.2. The molecule has 0 spiro atoms. The SMILES string of the molecule is COC(=O)/N=C(SC)/C(=N\c1ccc(-c2noc(C)n2)cc1)c1cc(OC)c(OCCO[Si](C)(C)C(C)(C)C)cc1F. The quantitative estimate of drug-likeness (QED) is 0.100. The first-order chi connectivity index (χ1) is 19.8. The number of nitrogens with zero attached hydrogens (tertiary/aromatic N) is 4. The first-order valence-corrected chi connectivity index (χ1v) is 17.3. The van der Waals surface area contributed by atoms with Gasteiger partial charge in [0.05, 0.1) is 26.5 Å². The lowest BCUT2D eigenvalue weighted by Gasteiger charge is -2.36. The molecule has 0 fully saturated rings. The van der Waals surface area contributed by atoms with Crippen LogP contribution >= 0.6 is 11.8 Å². The van der Waals surface area contributed by atoms with Crippen molar-refractivity contribution >= 4 is 42.6 Å². The highest BCUT2D eigenvalue weighted by atomic mass is 32.2. The number of methoxy groups -OCH3 is 2. The van der Waals surface area contributed by atoms with Crippen LogP contribution in [0.15, 0.2) is 50.9 Å². The number of aliphatic imine (C=N–C) groups is 2. The number of carbonyl (C=O) groups is 1. The second-order valence-electron chi connectivity index (χ2n) is 10.7. The Morgan fingerprint density at radius 1 is 1.10 bits per heavy atom. The van der Waals surface area contributed by atoms with Crippen molar-refractivity contribution in [1.29, 1.82) is 0 Å². The van der Waals surface area contributed by atoms with Gasteiger partial charge in [0.2, 0.25) is 11.7 Å². The van der Waals surface area contributed by atoms with E-state index >= 15 is 4.39 Å². The van der Waals surface area contributed by atoms with Crippen molar-refractivity contribution in [2.24, 2.45) is 9.98 Å². The maximum Gasteiger partial charge on any atom is 0.434 e. The molecule has 3 aromatic rings. The summed E-state index contributed by atoms with van der Waals surface area (Å²) < 4.78 is 43.1. The summed E-state index contributed by atoms with van der Waals surface area (Å²) in [6.07, 6.45) is 0.859. The first kappa shape index (κ1) is 33.0. The van der Waals surface area contributed by atoms with Gasteiger partial charge in [-0.25, -0.2) is 14.2 Å². The molecule has 13 heteroatoms. The van der Waals surface area contributed by atoms with Crippen LogP contribution in [0.2, 0.25) is 18.1 Å².